The molecule has 0 spiro atoms. The average Bonchev–Trinajstić information content (AvgIpc) is 2.07. The van der Waals surface area contributed by atoms with Gasteiger partial charge in [0, 0.05) is 5.69 Å². The van der Waals surface area contributed by atoms with E-state index in [9.17, 15) is 18.0 Å². The molecule has 0 atom stereocenters. The molecule has 0 saturated heterocycles. The lowest BCUT2D eigenvalue weighted by atomic mass is 10.2. The third kappa shape index (κ3) is 3.48. The molecule has 3 nitrogen and oxygen atoms in total. The molecule has 0 radical (unpaired) electrons. The highest BCUT2D eigenvalue weighted by Crippen LogP contribution is 2.29. The lowest BCUT2D eigenvalue weighted by Gasteiger charge is -2.11. The van der Waals surface area contributed by atoms with E-state index in [1.807, 2.05) is 0 Å². The highest BCUT2D eigenvalue weighted by Gasteiger charge is 2.33. The monoisotopic (exact) mass is 365 g/mol. The largest absolute Gasteiger partial charge is 0.574 e. The van der Waals surface area contributed by atoms with Crippen molar-refractivity contribution in [2.75, 3.05) is 0 Å². The summed E-state index contributed by atoms with van der Waals surface area (Å²) in [5.41, 5.74) is 0.151. The number of carbonyl (C=O) groups is 1. The first-order chi connectivity index (χ1) is 7.20. The van der Waals surface area contributed by atoms with E-state index in [0.29, 0.717) is 0 Å². The Kier molecular flexibility index (Phi) is 4.00. The van der Waals surface area contributed by atoms with Gasteiger partial charge in [-0.1, -0.05) is 0 Å². The van der Waals surface area contributed by atoms with Gasteiger partial charge in [-0.15, -0.1) is 13.2 Å². The Bertz CT molecular complexity index is 436. The van der Waals surface area contributed by atoms with Gasteiger partial charge in [0.15, 0.2) is 0 Å². The predicted octanol–water partition coefficient (Wildman–Crippen LogP) is 3.27. The Morgan fingerprint density at radius 3 is 2.56 bits per heavy atom. The zero-order valence-electron chi connectivity index (χ0n) is 7.73. The fraction of sp³-hybridized carbons (Fsp3) is 0.250. The number of pyridine rings is 1. The van der Waals surface area contributed by atoms with Gasteiger partial charge in [0.1, 0.15) is 0 Å². The van der Waals surface area contributed by atoms with Crippen LogP contribution in [0.25, 0.3) is 0 Å². The van der Waals surface area contributed by atoms with E-state index in [-0.39, 0.29) is 14.8 Å². The van der Waals surface area contributed by atoms with E-state index in [1.165, 1.54) is 35.6 Å². The van der Waals surface area contributed by atoms with Gasteiger partial charge in [-0.05, 0) is 47.2 Å². The summed E-state index contributed by atoms with van der Waals surface area (Å²) in [6.45, 7) is 1.43. The maximum Gasteiger partial charge on any atom is 0.574 e. The van der Waals surface area contributed by atoms with Crippen molar-refractivity contribution in [3.63, 3.8) is 0 Å². The van der Waals surface area contributed by atoms with Crippen LogP contribution in [0.4, 0.5) is 13.2 Å². The number of aromatic nitrogens is 1. The molecule has 1 heterocycles. The SMILES string of the molecule is Cc1cc(C(=O)Cl)c(I)c(OC(F)(F)F)n1. The first-order valence-electron chi connectivity index (χ1n) is 3.83. The second kappa shape index (κ2) is 4.74. The normalized spacial score (nSPS) is 11.4. The topological polar surface area (TPSA) is 39.2 Å². The average molecular weight is 365 g/mol. The number of alkyl halides is 3. The molecule has 0 fully saturated rings. The molecule has 1 aromatic heterocycles. The molecular formula is C8H4ClF3INO2. The Morgan fingerprint density at radius 2 is 2.12 bits per heavy atom. The van der Waals surface area contributed by atoms with Gasteiger partial charge in [-0.3, -0.25) is 4.79 Å². The third-order valence-electron chi connectivity index (χ3n) is 1.48. The van der Waals surface area contributed by atoms with Crippen molar-refractivity contribution >= 4 is 39.4 Å². The van der Waals surface area contributed by atoms with E-state index in [2.05, 4.69) is 9.72 Å². The van der Waals surface area contributed by atoms with Gasteiger partial charge in [-0.25, -0.2) is 4.98 Å². The fourth-order valence-electron chi connectivity index (χ4n) is 0.949. The molecule has 0 amide bonds. The molecule has 0 saturated carbocycles. The van der Waals surface area contributed by atoms with Crippen molar-refractivity contribution in [1.29, 1.82) is 0 Å². The van der Waals surface area contributed by atoms with Gasteiger partial charge < -0.3 is 4.74 Å². The van der Waals surface area contributed by atoms with Crippen LogP contribution in [-0.4, -0.2) is 16.6 Å². The molecule has 1 rings (SSSR count). The summed E-state index contributed by atoms with van der Waals surface area (Å²) in [7, 11) is 0. The highest BCUT2D eigenvalue weighted by atomic mass is 127. The van der Waals surface area contributed by atoms with Crippen LogP contribution in [0.1, 0.15) is 16.1 Å². The minimum absolute atomic E-state index is 0.0611. The summed E-state index contributed by atoms with van der Waals surface area (Å²) < 4.78 is 39.6. The highest BCUT2D eigenvalue weighted by molar-refractivity contribution is 14.1. The molecular weight excluding hydrogens is 361 g/mol. The van der Waals surface area contributed by atoms with Crippen molar-refractivity contribution in [2.24, 2.45) is 0 Å². The van der Waals surface area contributed by atoms with Crippen LogP contribution in [0.2, 0.25) is 0 Å². The molecule has 0 bridgehead atoms. The number of hydrogen-bond acceptors (Lipinski definition) is 3. The molecule has 16 heavy (non-hydrogen) atoms. The van der Waals surface area contributed by atoms with Crippen molar-refractivity contribution in [2.45, 2.75) is 13.3 Å². The molecule has 8 heteroatoms. The summed E-state index contributed by atoms with van der Waals surface area (Å²) in [4.78, 5) is 14.5. The second-order valence-corrected chi connectivity index (χ2v) is 4.17. The maximum absolute atomic E-state index is 12.0. The van der Waals surface area contributed by atoms with Crippen molar-refractivity contribution in [3.05, 3.63) is 20.9 Å². The lowest BCUT2D eigenvalue weighted by molar-refractivity contribution is -0.276. The number of carbonyl (C=O) groups excluding carboxylic acids is 1. The van der Waals surface area contributed by atoms with Crippen LogP contribution < -0.4 is 4.74 Å². The molecule has 0 aromatic carbocycles. The first kappa shape index (κ1) is 13.5. The zero-order valence-corrected chi connectivity index (χ0v) is 10.6. The van der Waals surface area contributed by atoms with E-state index >= 15 is 0 Å². The minimum Gasteiger partial charge on any atom is -0.387 e. The molecule has 88 valence electrons. The van der Waals surface area contributed by atoms with Crippen molar-refractivity contribution in [1.82, 2.24) is 4.98 Å². The fourth-order valence-corrected chi connectivity index (χ4v) is 1.89. The third-order valence-corrected chi connectivity index (χ3v) is 2.73. The van der Waals surface area contributed by atoms with E-state index in [4.69, 9.17) is 11.6 Å². The van der Waals surface area contributed by atoms with E-state index in [1.54, 1.807) is 0 Å². The number of hydrogen-bond donors (Lipinski definition) is 0. The van der Waals surface area contributed by atoms with Gasteiger partial charge in [0.2, 0.25) is 5.88 Å². The molecule has 0 N–H and O–H groups in total. The number of aryl methyl sites for hydroxylation is 1. The van der Waals surface area contributed by atoms with Gasteiger partial charge in [0.05, 0.1) is 9.13 Å². The number of ether oxygens (including phenoxy) is 1. The smallest absolute Gasteiger partial charge is 0.387 e. The summed E-state index contributed by atoms with van der Waals surface area (Å²) in [5, 5.41) is -0.859. The second-order valence-electron chi connectivity index (χ2n) is 2.75. The van der Waals surface area contributed by atoms with E-state index in [0.717, 1.165) is 0 Å². The van der Waals surface area contributed by atoms with Crippen LogP contribution in [-0.2, 0) is 0 Å². The van der Waals surface area contributed by atoms with Gasteiger partial charge in [-0.2, -0.15) is 0 Å². The molecule has 0 aliphatic rings. The molecule has 0 aliphatic heterocycles. The van der Waals surface area contributed by atoms with E-state index < -0.39 is 17.5 Å². The molecule has 0 aliphatic carbocycles. The number of rotatable bonds is 2. The molecule has 1 aromatic rings. The van der Waals surface area contributed by atoms with Gasteiger partial charge >= 0.3 is 6.36 Å². The Morgan fingerprint density at radius 1 is 1.56 bits per heavy atom. The molecule has 0 unspecified atom stereocenters. The van der Waals surface area contributed by atoms with Crippen LogP contribution in [0.5, 0.6) is 5.88 Å². The van der Waals surface area contributed by atoms with Crippen molar-refractivity contribution < 1.29 is 22.7 Å². The summed E-state index contributed by atoms with van der Waals surface area (Å²) in [6, 6.07) is 1.29. The quantitative estimate of drug-likeness (QED) is 0.596. The number of nitrogens with zero attached hydrogens (tertiary/aromatic N) is 1. The van der Waals surface area contributed by atoms with Crippen LogP contribution >= 0.6 is 34.2 Å². The Hall–Kier alpha value is -0.570. The Balaban J connectivity index is 3.25. The Labute approximate surface area is 107 Å². The predicted molar refractivity (Wildman–Crippen MR) is 58.6 cm³/mol. The van der Waals surface area contributed by atoms with Gasteiger partial charge in [0.25, 0.3) is 5.24 Å². The summed E-state index contributed by atoms with van der Waals surface area (Å²) in [6.07, 6.45) is -4.85. The van der Waals surface area contributed by atoms with Crippen LogP contribution in [0.15, 0.2) is 6.07 Å². The van der Waals surface area contributed by atoms with Crippen LogP contribution in [0.3, 0.4) is 0 Å². The van der Waals surface area contributed by atoms with Crippen molar-refractivity contribution in [3.8, 4) is 5.88 Å². The minimum atomic E-state index is -4.85. The van der Waals surface area contributed by atoms with Crippen LogP contribution in [0, 0.1) is 10.5 Å². The lowest BCUT2D eigenvalue weighted by Crippen LogP contribution is -2.19. The summed E-state index contributed by atoms with van der Waals surface area (Å²) in [5.74, 6) is -0.669. The first-order valence-corrected chi connectivity index (χ1v) is 5.29. The maximum atomic E-state index is 12.0. The number of halogens is 5. The summed E-state index contributed by atoms with van der Waals surface area (Å²) >= 11 is 6.74. The zero-order chi connectivity index (χ0) is 12.5. The standard InChI is InChI=1S/C8H4ClF3INO2/c1-3-2-4(6(9)15)5(13)7(14-3)16-8(10,11)12/h2H,1H3.